The molecule has 3 aliphatic carbocycles. The van der Waals surface area contributed by atoms with E-state index in [9.17, 15) is 4.79 Å². The van der Waals surface area contributed by atoms with Crippen LogP contribution in [0.1, 0.15) is 92.9 Å². The Bertz CT molecular complexity index is 510. The molecular formula is C24H42O2. The minimum atomic E-state index is -0.262. The average molecular weight is 363 g/mol. The molecule has 0 heterocycles. The highest BCUT2D eigenvalue weighted by Crippen LogP contribution is 2.64. The van der Waals surface area contributed by atoms with Gasteiger partial charge in [-0.2, -0.15) is 0 Å². The smallest absolute Gasteiger partial charge is 0.312 e. The predicted molar refractivity (Wildman–Crippen MR) is 108 cm³/mol. The highest BCUT2D eigenvalue weighted by Gasteiger charge is 2.59. The second-order valence-corrected chi connectivity index (χ2v) is 11.1. The molecule has 0 N–H and O–H groups in total. The number of rotatable bonds is 4. The van der Waals surface area contributed by atoms with Crippen LogP contribution in [0.2, 0.25) is 0 Å². The zero-order valence-corrected chi connectivity index (χ0v) is 18.1. The maximum atomic E-state index is 13.1. The van der Waals surface area contributed by atoms with Gasteiger partial charge in [0.2, 0.25) is 0 Å². The van der Waals surface area contributed by atoms with E-state index in [1.54, 1.807) is 0 Å². The zero-order chi connectivity index (χ0) is 19.1. The Morgan fingerprint density at radius 2 is 1.77 bits per heavy atom. The first-order valence-corrected chi connectivity index (χ1v) is 11.4. The summed E-state index contributed by atoms with van der Waals surface area (Å²) in [5.74, 6) is 4.49. The van der Waals surface area contributed by atoms with E-state index in [2.05, 4.69) is 41.5 Å². The molecule has 0 bridgehead atoms. The fraction of sp³-hybridized carbons (Fsp3) is 0.958. The first-order valence-electron chi connectivity index (χ1n) is 11.4. The largest absolute Gasteiger partial charge is 0.465 e. The molecule has 3 fully saturated rings. The third kappa shape index (κ3) is 3.47. The number of hydrogen-bond acceptors (Lipinski definition) is 2. The van der Waals surface area contributed by atoms with Crippen LogP contribution in [-0.4, -0.2) is 12.6 Å². The molecule has 3 aliphatic rings. The lowest BCUT2D eigenvalue weighted by Crippen LogP contribution is -2.56. The molecule has 0 aromatic heterocycles. The van der Waals surface area contributed by atoms with Crippen LogP contribution in [0.25, 0.3) is 0 Å². The fourth-order valence-electron chi connectivity index (χ4n) is 7.13. The normalized spacial score (nSPS) is 43.1. The van der Waals surface area contributed by atoms with Crippen LogP contribution in [0, 0.1) is 46.3 Å². The van der Waals surface area contributed by atoms with Crippen LogP contribution in [0.5, 0.6) is 0 Å². The van der Waals surface area contributed by atoms with Gasteiger partial charge in [-0.1, -0.05) is 41.0 Å². The van der Waals surface area contributed by atoms with Gasteiger partial charge < -0.3 is 4.74 Å². The van der Waals surface area contributed by atoms with E-state index in [1.165, 1.54) is 44.9 Å². The van der Waals surface area contributed by atoms with Crippen molar-refractivity contribution in [3.05, 3.63) is 0 Å². The molecule has 0 aliphatic heterocycles. The Morgan fingerprint density at radius 3 is 2.42 bits per heavy atom. The van der Waals surface area contributed by atoms with Gasteiger partial charge in [0.05, 0.1) is 12.0 Å². The second-order valence-electron chi connectivity index (χ2n) is 11.1. The molecule has 0 radical (unpaired) electrons. The summed E-state index contributed by atoms with van der Waals surface area (Å²) >= 11 is 0. The highest BCUT2D eigenvalue weighted by molar-refractivity contribution is 5.77. The van der Waals surface area contributed by atoms with E-state index in [-0.39, 0.29) is 11.4 Å². The molecule has 150 valence electrons. The van der Waals surface area contributed by atoms with Gasteiger partial charge in [0.15, 0.2) is 0 Å². The summed E-state index contributed by atoms with van der Waals surface area (Å²) in [6.07, 6.45) is 10.3. The lowest BCUT2D eigenvalue weighted by atomic mass is 9.43. The lowest BCUT2D eigenvalue weighted by Gasteiger charge is -2.61. The first kappa shape index (κ1) is 20.2. The number of carbonyl (C=O) groups excluding carboxylic acids is 1. The minimum absolute atomic E-state index is 0.0939. The quantitative estimate of drug-likeness (QED) is 0.535. The van der Waals surface area contributed by atoms with Crippen molar-refractivity contribution < 1.29 is 9.53 Å². The molecule has 26 heavy (non-hydrogen) atoms. The van der Waals surface area contributed by atoms with E-state index < -0.39 is 0 Å². The van der Waals surface area contributed by atoms with Crippen LogP contribution < -0.4 is 0 Å². The Balaban J connectivity index is 1.79. The average Bonchev–Trinajstić information content (AvgIpc) is 2.58. The number of carbonyl (C=O) groups is 1. The van der Waals surface area contributed by atoms with Crippen molar-refractivity contribution in [3.63, 3.8) is 0 Å². The van der Waals surface area contributed by atoms with Crippen molar-refractivity contribution in [2.24, 2.45) is 46.3 Å². The molecule has 3 saturated carbocycles. The van der Waals surface area contributed by atoms with Crippen molar-refractivity contribution in [1.29, 1.82) is 0 Å². The second kappa shape index (κ2) is 7.47. The third-order valence-corrected chi connectivity index (χ3v) is 8.63. The molecule has 3 rings (SSSR count). The van der Waals surface area contributed by atoms with Gasteiger partial charge in [-0.05, 0) is 92.8 Å². The van der Waals surface area contributed by atoms with Gasteiger partial charge in [0.1, 0.15) is 0 Å². The van der Waals surface area contributed by atoms with Gasteiger partial charge in [-0.25, -0.2) is 0 Å². The Hall–Kier alpha value is -0.530. The van der Waals surface area contributed by atoms with Crippen LogP contribution in [0.4, 0.5) is 0 Å². The number of ether oxygens (including phenoxy) is 1. The summed E-state index contributed by atoms with van der Waals surface area (Å²) in [4.78, 5) is 13.1. The van der Waals surface area contributed by atoms with Gasteiger partial charge in [0.25, 0.3) is 0 Å². The first-order chi connectivity index (χ1) is 12.2. The monoisotopic (exact) mass is 362 g/mol. The van der Waals surface area contributed by atoms with Crippen LogP contribution >= 0.6 is 0 Å². The standard InChI is InChI=1S/C24H42O2/c1-16(2)15-26-22(25)24(6)13-7-12-23(5)20-10-8-18(17(3)4)14-19(20)9-11-21(23)24/h16-21H,7-15H2,1-6H3/t18?,19?,20-,21?,23+,24+/m0/s1. The van der Waals surface area contributed by atoms with Crippen molar-refractivity contribution in [2.75, 3.05) is 6.61 Å². The molecular weight excluding hydrogens is 320 g/mol. The summed E-state index contributed by atoms with van der Waals surface area (Å²) in [7, 11) is 0. The fourth-order valence-corrected chi connectivity index (χ4v) is 7.13. The molecule has 0 spiro atoms. The van der Waals surface area contributed by atoms with Gasteiger partial charge in [-0.3, -0.25) is 4.79 Å². The van der Waals surface area contributed by atoms with Crippen LogP contribution in [-0.2, 0) is 9.53 Å². The summed E-state index contributed by atoms with van der Waals surface area (Å²) < 4.78 is 5.79. The molecule has 0 amide bonds. The maximum Gasteiger partial charge on any atom is 0.312 e. The van der Waals surface area contributed by atoms with Crippen molar-refractivity contribution in [2.45, 2.75) is 92.9 Å². The number of esters is 1. The number of fused-ring (bicyclic) bond motifs is 3. The van der Waals surface area contributed by atoms with E-state index in [0.717, 1.165) is 30.1 Å². The van der Waals surface area contributed by atoms with Crippen LogP contribution in [0.15, 0.2) is 0 Å². The molecule has 0 saturated heterocycles. The topological polar surface area (TPSA) is 26.3 Å². The van der Waals surface area contributed by atoms with Crippen molar-refractivity contribution in [1.82, 2.24) is 0 Å². The minimum Gasteiger partial charge on any atom is -0.465 e. The summed E-state index contributed by atoms with van der Waals surface area (Å²) in [6, 6.07) is 0. The van der Waals surface area contributed by atoms with Gasteiger partial charge in [-0.15, -0.1) is 0 Å². The Morgan fingerprint density at radius 1 is 1.04 bits per heavy atom. The lowest BCUT2D eigenvalue weighted by molar-refractivity contribution is -0.180. The van der Waals surface area contributed by atoms with Gasteiger partial charge in [0, 0.05) is 0 Å². The molecule has 0 aromatic carbocycles. The molecule has 0 aromatic rings. The zero-order valence-electron chi connectivity index (χ0n) is 18.1. The Kier molecular flexibility index (Phi) is 5.81. The van der Waals surface area contributed by atoms with Crippen molar-refractivity contribution in [3.8, 4) is 0 Å². The molecule has 2 nitrogen and oxygen atoms in total. The van der Waals surface area contributed by atoms with E-state index in [0.29, 0.717) is 23.9 Å². The highest BCUT2D eigenvalue weighted by atomic mass is 16.5. The third-order valence-electron chi connectivity index (χ3n) is 8.63. The maximum absolute atomic E-state index is 13.1. The SMILES string of the molecule is CC(C)COC(=O)[C@]1(C)CCC[C@@]2(C)C1CCC1CC(C(C)C)CC[C@@H]12. The van der Waals surface area contributed by atoms with E-state index in [1.807, 2.05) is 0 Å². The van der Waals surface area contributed by atoms with Crippen LogP contribution in [0.3, 0.4) is 0 Å². The summed E-state index contributed by atoms with van der Waals surface area (Å²) in [5.41, 5.74) is 0.0798. The molecule has 3 unspecified atom stereocenters. The van der Waals surface area contributed by atoms with Gasteiger partial charge >= 0.3 is 5.97 Å². The number of hydrogen-bond donors (Lipinski definition) is 0. The summed E-state index contributed by atoms with van der Waals surface area (Å²) in [6.45, 7) is 14.4. The van der Waals surface area contributed by atoms with E-state index >= 15 is 0 Å². The van der Waals surface area contributed by atoms with E-state index in [4.69, 9.17) is 4.74 Å². The van der Waals surface area contributed by atoms with Crippen molar-refractivity contribution >= 4 is 5.97 Å². The summed E-state index contributed by atoms with van der Waals surface area (Å²) in [5, 5.41) is 0. The molecule has 2 heteroatoms. The molecule has 6 atom stereocenters. The Labute approximate surface area is 161 Å². The predicted octanol–water partition coefficient (Wildman–Crippen LogP) is 6.48.